The number of rotatable bonds is 7. The summed E-state index contributed by atoms with van der Waals surface area (Å²) in [4.78, 5) is 11.0. The molecule has 0 aliphatic rings. The third-order valence-electron chi connectivity index (χ3n) is 2.60. The number of nitrogens with two attached hydrogens (primary N) is 1. The number of aryl methyl sites for hydroxylation is 1. The molecule has 96 valence electrons. The summed E-state index contributed by atoms with van der Waals surface area (Å²) >= 11 is 0. The standard InChI is InChI=1S/C12H23N5/c1-4-17(5-2)12-9-11(14-8-6-7-13)15-10(3)16-12/h9H,4-8,13H2,1-3H3,(H,14,15,16). The molecule has 5 heteroatoms. The SMILES string of the molecule is CCN(CC)c1cc(NCCCN)nc(C)n1. The van der Waals surface area contributed by atoms with Crippen LogP contribution < -0.4 is 16.0 Å². The Bertz CT molecular complexity index is 336. The topological polar surface area (TPSA) is 67.1 Å². The van der Waals surface area contributed by atoms with Gasteiger partial charge < -0.3 is 16.0 Å². The van der Waals surface area contributed by atoms with Crippen LogP contribution in [0, 0.1) is 6.92 Å². The van der Waals surface area contributed by atoms with Crippen LogP contribution in [0.5, 0.6) is 0 Å². The summed E-state index contributed by atoms with van der Waals surface area (Å²) in [7, 11) is 0. The first kappa shape index (κ1) is 13.7. The smallest absolute Gasteiger partial charge is 0.134 e. The molecule has 0 saturated carbocycles. The maximum absolute atomic E-state index is 5.46. The molecular weight excluding hydrogens is 214 g/mol. The minimum absolute atomic E-state index is 0.694. The highest BCUT2D eigenvalue weighted by Gasteiger charge is 2.06. The summed E-state index contributed by atoms with van der Waals surface area (Å²) in [5.41, 5.74) is 5.46. The monoisotopic (exact) mass is 237 g/mol. The number of anilines is 2. The van der Waals surface area contributed by atoms with Crippen molar-refractivity contribution < 1.29 is 0 Å². The highest BCUT2D eigenvalue weighted by Crippen LogP contribution is 2.15. The lowest BCUT2D eigenvalue weighted by atomic mass is 10.4. The molecule has 0 amide bonds. The lowest BCUT2D eigenvalue weighted by Crippen LogP contribution is -2.23. The fourth-order valence-electron chi connectivity index (χ4n) is 1.67. The Balaban J connectivity index is 2.78. The molecule has 0 aromatic carbocycles. The van der Waals surface area contributed by atoms with E-state index in [0.717, 1.165) is 43.5 Å². The Morgan fingerprint density at radius 2 is 2.00 bits per heavy atom. The van der Waals surface area contributed by atoms with Crippen molar-refractivity contribution in [1.82, 2.24) is 9.97 Å². The number of nitrogens with zero attached hydrogens (tertiary/aromatic N) is 3. The second-order valence-electron chi connectivity index (χ2n) is 3.90. The van der Waals surface area contributed by atoms with Crippen molar-refractivity contribution in [1.29, 1.82) is 0 Å². The second kappa shape index (κ2) is 7.06. The third kappa shape index (κ3) is 4.19. The molecule has 0 fully saturated rings. The zero-order valence-corrected chi connectivity index (χ0v) is 11.0. The highest BCUT2D eigenvalue weighted by atomic mass is 15.2. The molecule has 0 aliphatic carbocycles. The maximum atomic E-state index is 5.46. The summed E-state index contributed by atoms with van der Waals surface area (Å²) in [6.45, 7) is 9.63. The number of hydrogen-bond acceptors (Lipinski definition) is 5. The van der Waals surface area contributed by atoms with E-state index in [1.165, 1.54) is 0 Å². The molecule has 1 aromatic heterocycles. The number of aromatic nitrogens is 2. The second-order valence-corrected chi connectivity index (χ2v) is 3.90. The Hall–Kier alpha value is -1.36. The molecule has 0 bridgehead atoms. The van der Waals surface area contributed by atoms with Gasteiger partial charge in [0.15, 0.2) is 0 Å². The molecule has 17 heavy (non-hydrogen) atoms. The van der Waals surface area contributed by atoms with E-state index in [4.69, 9.17) is 5.73 Å². The van der Waals surface area contributed by atoms with E-state index < -0.39 is 0 Å². The predicted octanol–water partition coefficient (Wildman–Crippen LogP) is 1.39. The van der Waals surface area contributed by atoms with Gasteiger partial charge in [0.1, 0.15) is 17.5 Å². The van der Waals surface area contributed by atoms with Gasteiger partial charge in [-0.25, -0.2) is 9.97 Å². The van der Waals surface area contributed by atoms with Crippen molar-refractivity contribution in [3.05, 3.63) is 11.9 Å². The average molecular weight is 237 g/mol. The van der Waals surface area contributed by atoms with Gasteiger partial charge >= 0.3 is 0 Å². The third-order valence-corrected chi connectivity index (χ3v) is 2.60. The molecule has 0 saturated heterocycles. The first-order valence-corrected chi connectivity index (χ1v) is 6.25. The van der Waals surface area contributed by atoms with Crippen LogP contribution in [0.15, 0.2) is 6.07 Å². The number of nitrogens with one attached hydrogen (secondary N) is 1. The van der Waals surface area contributed by atoms with Crippen LogP contribution in [0.4, 0.5) is 11.6 Å². The Morgan fingerprint density at radius 3 is 2.59 bits per heavy atom. The predicted molar refractivity (Wildman–Crippen MR) is 72.5 cm³/mol. The summed E-state index contributed by atoms with van der Waals surface area (Å²) < 4.78 is 0. The van der Waals surface area contributed by atoms with Gasteiger partial charge in [-0.1, -0.05) is 0 Å². The average Bonchev–Trinajstić information content (AvgIpc) is 2.30. The van der Waals surface area contributed by atoms with Gasteiger partial charge in [0, 0.05) is 25.7 Å². The first-order chi connectivity index (χ1) is 8.21. The minimum Gasteiger partial charge on any atom is -0.370 e. The van der Waals surface area contributed by atoms with Gasteiger partial charge in [-0.05, 0) is 33.7 Å². The molecule has 0 spiro atoms. The Morgan fingerprint density at radius 1 is 1.29 bits per heavy atom. The normalized spacial score (nSPS) is 10.4. The molecule has 5 nitrogen and oxygen atoms in total. The van der Waals surface area contributed by atoms with E-state index in [9.17, 15) is 0 Å². The lowest BCUT2D eigenvalue weighted by molar-refractivity contribution is 0.830. The molecule has 1 heterocycles. The van der Waals surface area contributed by atoms with Crippen LogP contribution in [-0.4, -0.2) is 36.1 Å². The molecule has 0 atom stereocenters. The first-order valence-electron chi connectivity index (χ1n) is 6.25. The van der Waals surface area contributed by atoms with Crippen molar-refractivity contribution in [3.8, 4) is 0 Å². The van der Waals surface area contributed by atoms with Crippen LogP contribution in [0.2, 0.25) is 0 Å². The van der Waals surface area contributed by atoms with Crippen molar-refractivity contribution >= 4 is 11.6 Å². The van der Waals surface area contributed by atoms with Crippen molar-refractivity contribution in [2.24, 2.45) is 5.73 Å². The van der Waals surface area contributed by atoms with Gasteiger partial charge in [-0.15, -0.1) is 0 Å². The number of hydrogen-bond donors (Lipinski definition) is 2. The molecule has 1 aromatic rings. The van der Waals surface area contributed by atoms with Crippen molar-refractivity contribution in [3.63, 3.8) is 0 Å². The summed E-state index contributed by atoms with van der Waals surface area (Å²) in [6, 6.07) is 2.00. The van der Waals surface area contributed by atoms with Crippen LogP contribution in [0.3, 0.4) is 0 Å². The Kier molecular flexibility index (Phi) is 5.69. The van der Waals surface area contributed by atoms with E-state index in [1.54, 1.807) is 0 Å². The summed E-state index contributed by atoms with van der Waals surface area (Å²) in [5, 5.41) is 3.27. The van der Waals surface area contributed by atoms with Crippen LogP contribution in [0.25, 0.3) is 0 Å². The van der Waals surface area contributed by atoms with Crippen LogP contribution >= 0.6 is 0 Å². The van der Waals surface area contributed by atoms with Gasteiger partial charge in [0.05, 0.1) is 0 Å². The van der Waals surface area contributed by atoms with Gasteiger partial charge in [-0.3, -0.25) is 0 Å². The van der Waals surface area contributed by atoms with Gasteiger partial charge in [0.2, 0.25) is 0 Å². The van der Waals surface area contributed by atoms with Crippen molar-refractivity contribution in [2.45, 2.75) is 27.2 Å². The van der Waals surface area contributed by atoms with Crippen LogP contribution in [0.1, 0.15) is 26.1 Å². The molecule has 3 N–H and O–H groups in total. The zero-order chi connectivity index (χ0) is 12.7. The lowest BCUT2D eigenvalue weighted by Gasteiger charge is -2.20. The molecule has 0 radical (unpaired) electrons. The Labute approximate surface area is 103 Å². The quantitative estimate of drug-likeness (QED) is 0.702. The van der Waals surface area contributed by atoms with E-state index in [0.29, 0.717) is 6.54 Å². The van der Waals surface area contributed by atoms with Crippen molar-refractivity contribution in [2.75, 3.05) is 36.4 Å². The molecule has 1 rings (SSSR count). The largest absolute Gasteiger partial charge is 0.370 e. The van der Waals surface area contributed by atoms with E-state index in [1.807, 2.05) is 13.0 Å². The van der Waals surface area contributed by atoms with E-state index >= 15 is 0 Å². The fourth-order valence-corrected chi connectivity index (χ4v) is 1.67. The fraction of sp³-hybridized carbons (Fsp3) is 0.667. The molecule has 0 aliphatic heterocycles. The van der Waals surface area contributed by atoms with E-state index in [-0.39, 0.29) is 0 Å². The highest BCUT2D eigenvalue weighted by molar-refractivity contribution is 5.49. The molecule has 0 unspecified atom stereocenters. The van der Waals surface area contributed by atoms with Gasteiger partial charge in [0.25, 0.3) is 0 Å². The maximum Gasteiger partial charge on any atom is 0.134 e. The minimum atomic E-state index is 0.694. The van der Waals surface area contributed by atoms with Gasteiger partial charge in [-0.2, -0.15) is 0 Å². The van der Waals surface area contributed by atoms with Crippen LogP contribution in [-0.2, 0) is 0 Å². The summed E-state index contributed by atoms with van der Waals surface area (Å²) in [6.07, 6.45) is 0.948. The molecular formula is C12H23N5. The van der Waals surface area contributed by atoms with E-state index in [2.05, 4.69) is 34.0 Å². The summed E-state index contributed by atoms with van der Waals surface area (Å²) in [5.74, 6) is 2.66. The zero-order valence-electron chi connectivity index (χ0n) is 11.0.